The number of methoxy groups -OCH3 is 1. The SMILES string of the molecule is COC(=O)CC(c1ccccc1)N(Cc1ccccc1)OC(=O)c1ccccc1. The van der Waals surface area contributed by atoms with E-state index in [1.54, 1.807) is 29.3 Å². The number of carbonyl (C=O) groups excluding carboxylic acids is 2. The summed E-state index contributed by atoms with van der Waals surface area (Å²) in [5.41, 5.74) is 2.25. The molecule has 0 heterocycles. The summed E-state index contributed by atoms with van der Waals surface area (Å²) in [6, 6.07) is 27.4. The van der Waals surface area contributed by atoms with Crippen molar-refractivity contribution in [1.29, 1.82) is 0 Å². The first-order chi connectivity index (χ1) is 14.2. The van der Waals surface area contributed by atoms with Crippen molar-refractivity contribution in [3.05, 3.63) is 108 Å². The summed E-state index contributed by atoms with van der Waals surface area (Å²) >= 11 is 0. The molecule has 3 rings (SSSR count). The second-order valence-corrected chi connectivity index (χ2v) is 6.51. The summed E-state index contributed by atoms with van der Waals surface area (Å²) < 4.78 is 4.89. The molecule has 0 N–H and O–H groups in total. The molecule has 0 aliphatic heterocycles. The van der Waals surface area contributed by atoms with E-state index in [0.29, 0.717) is 12.1 Å². The standard InChI is InChI=1S/C24H23NO4/c1-28-23(26)17-22(20-13-7-3-8-14-20)25(18-19-11-5-2-6-12-19)29-24(27)21-15-9-4-10-16-21/h2-16,22H,17-18H2,1H3. The van der Waals surface area contributed by atoms with Crippen LogP contribution in [0.15, 0.2) is 91.0 Å². The molecule has 29 heavy (non-hydrogen) atoms. The summed E-state index contributed by atoms with van der Waals surface area (Å²) in [6.45, 7) is 0.329. The van der Waals surface area contributed by atoms with E-state index >= 15 is 0 Å². The van der Waals surface area contributed by atoms with Crippen molar-refractivity contribution in [1.82, 2.24) is 5.06 Å². The monoisotopic (exact) mass is 389 g/mol. The molecular formula is C24H23NO4. The minimum Gasteiger partial charge on any atom is -0.469 e. The van der Waals surface area contributed by atoms with E-state index < -0.39 is 12.0 Å². The van der Waals surface area contributed by atoms with E-state index in [1.165, 1.54) is 7.11 Å². The van der Waals surface area contributed by atoms with Crippen LogP contribution < -0.4 is 0 Å². The number of nitrogens with zero attached hydrogens (tertiary/aromatic N) is 1. The van der Waals surface area contributed by atoms with Crippen molar-refractivity contribution in [3.8, 4) is 0 Å². The molecule has 0 saturated carbocycles. The van der Waals surface area contributed by atoms with Crippen molar-refractivity contribution in [2.24, 2.45) is 0 Å². The topological polar surface area (TPSA) is 55.8 Å². The Hall–Kier alpha value is -3.44. The summed E-state index contributed by atoms with van der Waals surface area (Å²) in [6.07, 6.45) is 0.0510. The van der Waals surface area contributed by atoms with Gasteiger partial charge >= 0.3 is 11.9 Å². The summed E-state index contributed by atoms with van der Waals surface area (Å²) in [7, 11) is 1.35. The number of hydroxylamine groups is 2. The van der Waals surface area contributed by atoms with Crippen LogP contribution in [0.2, 0.25) is 0 Å². The first-order valence-electron chi connectivity index (χ1n) is 9.37. The Morgan fingerprint density at radius 3 is 1.97 bits per heavy atom. The van der Waals surface area contributed by atoms with E-state index in [2.05, 4.69) is 0 Å². The Morgan fingerprint density at radius 2 is 1.38 bits per heavy atom. The highest BCUT2D eigenvalue weighted by molar-refractivity contribution is 5.89. The number of benzene rings is 3. The summed E-state index contributed by atoms with van der Waals surface area (Å²) in [5.74, 6) is -0.861. The molecule has 5 heteroatoms. The molecule has 0 amide bonds. The van der Waals surface area contributed by atoms with Crippen molar-refractivity contribution < 1.29 is 19.2 Å². The van der Waals surface area contributed by atoms with Gasteiger partial charge in [0, 0.05) is 0 Å². The first-order valence-corrected chi connectivity index (χ1v) is 9.37. The molecule has 1 atom stereocenters. The van der Waals surface area contributed by atoms with Crippen LogP contribution in [0.25, 0.3) is 0 Å². The lowest BCUT2D eigenvalue weighted by atomic mass is 10.0. The van der Waals surface area contributed by atoms with Gasteiger partial charge in [0.2, 0.25) is 0 Å². The van der Waals surface area contributed by atoms with Crippen LogP contribution in [0, 0.1) is 0 Å². The maximum Gasteiger partial charge on any atom is 0.357 e. The third kappa shape index (κ3) is 5.77. The number of hydrogen-bond donors (Lipinski definition) is 0. The first kappa shape index (κ1) is 20.3. The van der Waals surface area contributed by atoms with Gasteiger partial charge in [-0.2, -0.15) is 0 Å². The van der Waals surface area contributed by atoms with Gasteiger partial charge in [0.25, 0.3) is 0 Å². The molecule has 0 spiro atoms. The molecule has 148 valence electrons. The van der Waals surface area contributed by atoms with Crippen molar-refractivity contribution >= 4 is 11.9 Å². The lowest BCUT2D eigenvalue weighted by Gasteiger charge is -2.30. The number of hydrogen-bond acceptors (Lipinski definition) is 5. The highest BCUT2D eigenvalue weighted by Crippen LogP contribution is 2.28. The fourth-order valence-corrected chi connectivity index (χ4v) is 3.01. The van der Waals surface area contributed by atoms with Gasteiger partial charge in [-0.05, 0) is 23.3 Å². The Labute approximate surface area is 170 Å². The molecule has 0 radical (unpaired) electrons. The van der Waals surface area contributed by atoms with Gasteiger partial charge < -0.3 is 9.57 Å². The molecule has 5 nitrogen and oxygen atoms in total. The van der Waals surface area contributed by atoms with E-state index in [4.69, 9.17) is 9.57 Å². The predicted octanol–water partition coefficient (Wildman–Crippen LogP) is 4.57. The molecule has 0 fully saturated rings. The molecular weight excluding hydrogens is 366 g/mol. The van der Waals surface area contributed by atoms with Crippen LogP contribution in [0.5, 0.6) is 0 Å². The lowest BCUT2D eigenvalue weighted by Crippen LogP contribution is -2.33. The van der Waals surface area contributed by atoms with Crippen molar-refractivity contribution in [2.75, 3.05) is 7.11 Å². The van der Waals surface area contributed by atoms with E-state index in [0.717, 1.165) is 11.1 Å². The molecule has 3 aromatic rings. The smallest absolute Gasteiger partial charge is 0.357 e. The molecule has 1 unspecified atom stereocenters. The second-order valence-electron chi connectivity index (χ2n) is 6.51. The summed E-state index contributed by atoms with van der Waals surface area (Å²) in [5, 5.41) is 1.55. The average Bonchev–Trinajstić information content (AvgIpc) is 2.78. The Kier molecular flexibility index (Phi) is 7.14. The Morgan fingerprint density at radius 1 is 0.828 bits per heavy atom. The predicted molar refractivity (Wildman–Crippen MR) is 110 cm³/mol. The molecule has 0 saturated heterocycles. The molecule has 0 bridgehead atoms. The van der Waals surface area contributed by atoms with Gasteiger partial charge in [0.1, 0.15) is 0 Å². The number of carbonyl (C=O) groups is 2. The quantitative estimate of drug-likeness (QED) is 0.417. The van der Waals surface area contributed by atoms with Crippen molar-refractivity contribution in [3.63, 3.8) is 0 Å². The van der Waals surface area contributed by atoms with E-state index in [-0.39, 0.29) is 12.4 Å². The highest BCUT2D eigenvalue weighted by Gasteiger charge is 2.28. The van der Waals surface area contributed by atoms with Crippen LogP contribution in [0.3, 0.4) is 0 Å². The fraction of sp³-hybridized carbons (Fsp3) is 0.167. The van der Waals surface area contributed by atoms with Gasteiger partial charge in [-0.1, -0.05) is 78.9 Å². The zero-order valence-corrected chi connectivity index (χ0v) is 16.2. The van der Waals surface area contributed by atoms with Crippen LogP contribution >= 0.6 is 0 Å². The number of rotatable bonds is 8. The van der Waals surface area contributed by atoms with Gasteiger partial charge in [-0.15, -0.1) is 5.06 Å². The normalized spacial score (nSPS) is 11.7. The number of ether oxygens (including phenoxy) is 1. The molecule has 3 aromatic carbocycles. The van der Waals surface area contributed by atoms with E-state index in [1.807, 2.05) is 66.7 Å². The zero-order chi connectivity index (χ0) is 20.5. The van der Waals surface area contributed by atoms with Crippen LogP contribution in [-0.2, 0) is 20.9 Å². The maximum absolute atomic E-state index is 12.8. The minimum absolute atomic E-state index is 0.0510. The van der Waals surface area contributed by atoms with Crippen LogP contribution in [-0.4, -0.2) is 24.1 Å². The Balaban J connectivity index is 1.93. The maximum atomic E-state index is 12.8. The van der Waals surface area contributed by atoms with Gasteiger partial charge in [-0.3, -0.25) is 4.79 Å². The average molecular weight is 389 g/mol. The lowest BCUT2D eigenvalue weighted by molar-refractivity contribution is -0.163. The van der Waals surface area contributed by atoms with Gasteiger partial charge in [-0.25, -0.2) is 4.79 Å². The zero-order valence-electron chi connectivity index (χ0n) is 16.2. The largest absolute Gasteiger partial charge is 0.469 e. The second kappa shape index (κ2) is 10.2. The third-order valence-electron chi connectivity index (χ3n) is 4.51. The fourth-order valence-electron chi connectivity index (χ4n) is 3.01. The Bertz CT molecular complexity index is 913. The molecule has 0 aromatic heterocycles. The van der Waals surface area contributed by atoms with Gasteiger partial charge in [0.05, 0.1) is 31.7 Å². The number of esters is 1. The van der Waals surface area contributed by atoms with Crippen molar-refractivity contribution in [2.45, 2.75) is 19.0 Å². The van der Waals surface area contributed by atoms with Crippen LogP contribution in [0.1, 0.15) is 33.9 Å². The minimum atomic E-state index is -0.489. The highest BCUT2D eigenvalue weighted by atomic mass is 16.7. The van der Waals surface area contributed by atoms with E-state index in [9.17, 15) is 9.59 Å². The third-order valence-corrected chi connectivity index (χ3v) is 4.51. The molecule has 0 aliphatic carbocycles. The summed E-state index contributed by atoms with van der Waals surface area (Å²) in [4.78, 5) is 30.7. The van der Waals surface area contributed by atoms with Crippen LogP contribution in [0.4, 0.5) is 0 Å². The van der Waals surface area contributed by atoms with Gasteiger partial charge in [0.15, 0.2) is 0 Å². The molecule has 0 aliphatic rings.